The van der Waals surface area contributed by atoms with Gasteiger partial charge in [0.25, 0.3) is 0 Å². The fourth-order valence-corrected chi connectivity index (χ4v) is 3.15. The minimum Gasteiger partial charge on any atom is -0.497 e. The molecule has 1 N–H and O–H groups in total. The Hall–Kier alpha value is -1.72. The number of rotatable bonds is 7. The molecule has 2 aromatic rings. The van der Waals surface area contributed by atoms with Crippen molar-refractivity contribution in [3.8, 4) is 11.6 Å². The summed E-state index contributed by atoms with van der Waals surface area (Å²) < 4.78 is 12.5. The molecule has 0 spiro atoms. The maximum Gasteiger partial charge on any atom is 0.216 e. The Bertz CT molecular complexity index is 666. The zero-order valence-electron chi connectivity index (χ0n) is 14.7. The third kappa shape index (κ3) is 3.84. The summed E-state index contributed by atoms with van der Waals surface area (Å²) in [5, 5.41) is 8.16. The van der Waals surface area contributed by atoms with Crippen molar-refractivity contribution in [3.63, 3.8) is 0 Å². The molecule has 0 radical (unpaired) electrons. The highest BCUT2D eigenvalue weighted by Crippen LogP contribution is 2.41. The molecule has 6 heteroatoms. The first-order valence-electron chi connectivity index (χ1n) is 8.07. The molecule has 0 bridgehead atoms. The lowest BCUT2D eigenvalue weighted by molar-refractivity contribution is 0.365. The Morgan fingerprint density at radius 3 is 2.42 bits per heavy atom. The van der Waals surface area contributed by atoms with Gasteiger partial charge in [-0.1, -0.05) is 12.1 Å². The van der Waals surface area contributed by atoms with E-state index in [0.29, 0.717) is 12.0 Å². The standard InChI is InChI=1S/C18H25N3O2.ClH/c1-12-16(18(23-4)21(2)20-12)11-19-17(13-5-6-13)14-7-9-15(22-3)10-8-14;/h7-10,13,17,19H,5-6,11H2,1-4H3;1H. The fraction of sp³-hybridized carbons (Fsp3) is 0.500. The van der Waals surface area contributed by atoms with Gasteiger partial charge < -0.3 is 14.8 Å². The van der Waals surface area contributed by atoms with Gasteiger partial charge in [0.1, 0.15) is 5.75 Å². The summed E-state index contributed by atoms with van der Waals surface area (Å²) in [4.78, 5) is 0. The number of hydrogen-bond acceptors (Lipinski definition) is 4. The van der Waals surface area contributed by atoms with Crippen LogP contribution in [0.15, 0.2) is 24.3 Å². The first kappa shape index (κ1) is 18.6. The molecule has 1 aromatic heterocycles. The van der Waals surface area contributed by atoms with Crippen molar-refractivity contribution in [2.24, 2.45) is 13.0 Å². The molecular weight excluding hydrogens is 326 g/mol. The molecule has 0 saturated heterocycles. The molecule has 1 aromatic carbocycles. The molecule has 0 amide bonds. The maximum absolute atomic E-state index is 5.49. The van der Waals surface area contributed by atoms with E-state index in [4.69, 9.17) is 9.47 Å². The number of nitrogens with zero attached hydrogens (tertiary/aromatic N) is 2. The first-order valence-corrected chi connectivity index (χ1v) is 8.07. The highest BCUT2D eigenvalue weighted by Gasteiger charge is 2.32. The van der Waals surface area contributed by atoms with E-state index in [1.54, 1.807) is 18.9 Å². The van der Waals surface area contributed by atoms with E-state index in [0.717, 1.165) is 29.4 Å². The predicted octanol–water partition coefficient (Wildman–Crippen LogP) is 3.41. The van der Waals surface area contributed by atoms with Crippen LogP contribution in [0.25, 0.3) is 0 Å². The highest BCUT2D eigenvalue weighted by molar-refractivity contribution is 5.85. The molecular formula is C18H26ClN3O2. The van der Waals surface area contributed by atoms with Crippen LogP contribution in [0.2, 0.25) is 0 Å². The summed E-state index contributed by atoms with van der Waals surface area (Å²) in [7, 11) is 5.31. The highest BCUT2D eigenvalue weighted by atomic mass is 35.5. The minimum absolute atomic E-state index is 0. The maximum atomic E-state index is 5.49. The lowest BCUT2D eigenvalue weighted by Crippen LogP contribution is -2.23. The van der Waals surface area contributed by atoms with Gasteiger partial charge in [0.15, 0.2) is 0 Å². The molecule has 1 unspecified atom stereocenters. The SMILES string of the molecule is COc1ccc(C(NCc2c(C)nn(C)c2OC)C2CC2)cc1.Cl. The largest absolute Gasteiger partial charge is 0.497 e. The molecule has 0 aliphatic heterocycles. The van der Waals surface area contributed by atoms with E-state index in [9.17, 15) is 0 Å². The molecule has 132 valence electrons. The smallest absolute Gasteiger partial charge is 0.216 e. The molecule has 5 nitrogen and oxygen atoms in total. The molecule has 1 aliphatic rings. The number of methoxy groups -OCH3 is 2. The van der Waals surface area contributed by atoms with Crippen molar-refractivity contribution in [3.05, 3.63) is 41.1 Å². The summed E-state index contributed by atoms with van der Waals surface area (Å²) >= 11 is 0. The van der Waals surface area contributed by atoms with Gasteiger partial charge in [0, 0.05) is 19.6 Å². The van der Waals surface area contributed by atoms with Gasteiger partial charge in [0.05, 0.1) is 25.5 Å². The van der Waals surface area contributed by atoms with Crippen LogP contribution < -0.4 is 14.8 Å². The lowest BCUT2D eigenvalue weighted by Gasteiger charge is -2.19. The van der Waals surface area contributed by atoms with Gasteiger partial charge in [-0.2, -0.15) is 5.10 Å². The van der Waals surface area contributed by atoms with E-state index >= 15 is 0 Å². The van der Waals surface area contributed by atoms with Crippen LogP contribution in [0.1, 0.15) is 35.7 Å². The fourth-order valence-electron chi connectivity index (χ4n) is 3.15. The van der Waals surface area contributed by atoms with Gasteiger partial charge in [-0.3, -0.25) is 0 Å². The van der Waals surface area contributed by atoms with Crippen LogP contribution in [-0.4, -0.2) is 24.0 Å². The van der Waals surface area contributed by atoms with Gasteiger partial charge >= 0.3 is 0 Å². The first-order chi connectivity index (χ1) is 11.1. The normalized spacial score (nSPS) is 14.8. The number of ether oxygens (including phenoxy) is 2. The average molecular weight is 352 g/mol. The van der Waals surface area contributed by atoms with Gasteiger partial charge in [-0.05, 0) is 43.4 Å². The summed E-state index contributed by atoms with van der Waals surface area (Å²) in [5.74, 6) is 2.44. The van der Waals surface area contributed by atoms with E-state index in [1.165, 1.54) is 18.4 Å². The monoisotopic (exact) mass is 351 g/mol. The van der Waals surface area contributed by atoms with E-state index in [1.807, 2.05) is 26.1 Å². The molecule has 1 atom stereocenters. The third-order valence-corrected chi connectivity index (χ3v) is 4.55. The Balaban J connectivity index is 0.00000208. The molecule has 1 saturated carbocycles. The zero-order valence-corrected chi connectivity index (χ0v) is 15.5. The predicted molar refractivity (Wildman–Crippen MR) is 97.0 cm³/mol. The lowest BCUT2D eigenvalue weighted by atomic mass is 10.0. The van der Waals surface area contributed by atoms with E-state index in [-0.39, 0.29) is 12.4 Å². The second-order valence-corrected chi connectivity index (χ2v) is 6.17. The van der Waals surface area contributed by atoms with Crippen LogP contribution in [0.4, 0.5) is 0 Å². The zero-order chi connectivity index (χ0) is 16.4. The number of benzene rings is 1. The molecule has 24 heavy (non-hydrogen) atoms. The van der Waals surface area contributed by atoms with Crippen LogP contribution in [-0.2, 0) is 13.6 Å². The molecule has 1 fully saturated rings. The quantitative estimate of drug-likeness (QED) is 0.830. The van der Waals surface area contributed by atoms with Crippen LogP contribution >= 0.6 is 12.4 Å². The Morgan fingerprint density at radius 1 is 1.21 bits per heavy atom. The van der Waals surface area contributed by atoms with Crippen molar-refractivity contribution in [1.29, 1.82) is 0 Å². The summed E-state index contributed by atoms with van der Waals surface area (Å²) in [6, 6.07) is 8.74. The Labute approximate surface area is 149 Å². The number of hydrogen-bond donors (Lipinski definition) is 1. The summed E-state index contributed by atoms with van der Waals surface area (Å²) in [6.07, 6.45) is 2.57. The summed E-state index contributed by atoms with van der Waals surface area (Å²) in [6.45, 7) is 2.79. The van der Waals surface area contributed by atoms with Crippen LogP contribution in [0.5, 0.6) is 11.6 Å². The minimum atomic E-state index is 0. The van der Waals surface area contributed by atoms with Gasteiger partial charge in [0.2, 0.25) is 5.88 Å². The topological polar surface area (TPSA) is 48.3 Å². The van der Waals surface area contributed by atoms with Crippen molar-refractivity contribution < 1.29 is 9.47 Å². The number of aryl methyl sites for hydroxylation is 2. The van der Waals surface area contributed by atoms with Crippen molar-refractivity contribution >= 4 is 12.4 Å². The van der Waals surface area contributed by atoms with Crippen LogP contribution in [0.3, 0.4) is 0 Å². The number of aromatic nitrogens is 2. The van der Waals surface area contributed by atoms with E-state index < -0.39 is 0 Å². The second-order valence-electron chi connectivity index (χ2n) is 6.17. The Kier molecular flexibility index (Phi) is 6.13. The molecule has 1 heterocycles. The van der Waals surface area contributed by atoms with Gasteiger partial charge in [-0.15, -0.1) is 12.4 Å². The number of nitrogens with one attached hydrogen (secondary N) is 1. The third-order valence-electron chi connectivity index (χ3n) is 4.55. The van der Waals surface area contributed by atoms with Crippen LogP contribution in [0, 0.1) is 12.8 Å². The Morgan fingerprint density at radius 2 is 1.88 bits per heavy atom. The van der Waals surface area contributed by atoms with Crippen molar-refractivity contribution in [2.45, 2.75) is 32.4 Å². The van der Waals surface area contributed by atoms with E-state index in [2.05, 4.69) is 22.5 Å². The molecule has 3 rings (SSSR count). The van der Waals surface area contributed by atoms with Crippen molar-refractivity contribution in [2.75, 3.05) is 14.2 Å². The number of halogens is 1. The summed E-state index contributed by atoms with van der Waals surface area (Å²) in [5.41, 5.74) is 3.46. The second kappa shape index (κ2) is 7.90. The van der Waals surface area contributed by atoms with Crippen molar-refractivity contribution in [1.82, 2.24) is 15.1 Å². The molecule has 1 aliphatic carbocycles. The van der Waals surface area contributed by atoms with Gasteiger partial charge in [-0.25, -0.2) is 4.68 Å². The average Bonchev–Trinajstić information content (AvgIpc) is 3.35.